The first-order valence-electron chi connectivity index (χ1n) is 9.10. The van der Waals surface area contributed by atoms with Crippen molar-refractivity contribution in [1.29, 1.82) is 0 Å². The minimum Gasteiger partial charge on any atom is -0.496 e. The molecular weight excluding hydrogens is 427 g/mol. The van der Waals surface area contributed by atoms with Gasteiger partial charge in [-0.05, 0) is 49.8 Å². The third-order valence-electron chi connectivity index (χ3n) is 5.04. The first-order chi connectivity index (χ1) is 11.8. The Morgan fingerprint density at radius 2 is 2.04 bits per heavy atom. The summed E-state index contributed by atoms with van der Waals surface area (Å²) in [5.41, 5.74) is 1.22. The molecule has 140 valence electrons. The molecule has 2 aliphatic rings. The molecule has 0 spiro atoms. The van der Waals surface area contributed by atoms with Gasteiger partial charge in [-0.15, -0.1) is 24.0 Å². The Hall–Kier alpha value is -1.02. The first kappa shape index (κ1) is 20.3. The third kappa shape index (κ3) is 6.02. The van der Waals surface area contributed by atoms with Gasteiger partial charge in [-0.3, -0.25) is 4.99 Å². The maximum atomic E-state index is 5.40. The summed E-state index contributed by atoms with van der Waals surface area (Å²) in [7, 11) is 3.56. The van der Waals surface area contributed by atoms with E-state index in [9.17, 15) is 0 Å². The van der Waals surface area contributed by atoms with Gasteiger partial charge < -0.3 is 20.3 Å². The van der Waals surface area contributed by atoms with Crippen molar-refractivity contribution in [3.63, 3.8) is 0 Å². The molecule has 1 aliphatic heterocycles. The van der Waals surface area contributed by atoms with Crippen LogP contribution in [0.3, 0.4) is 0 Å². The number of nitrogens with zero attached hydrogens (tertiary/aromatic N) is 2. The predicted octanol–water partition coefficient (Wildman–Crippen LogP) is 2.51. The van der Waals surface area contributed by atoms with Gasteiger partial charge in [0.05, 0.1) is 7.11 Å². The molecule has 2 N–H and O–H groups in total. The van der Waals surface area contributed by atoms with Crippen LogP contribution in [0.15, 0.2) is 29.3 Å². The lowest BCUT2D eigenvalue weighted by Crippen LogP contribution is -2.41. The number of para-hydroxylation sites is 1. The topological polar surface area (TPSA) is 48.9 Å². The van der Waals surface area contributed by atoms with Crippen molar-refractivity contribution in [3.05, 3.63) is 29.8 Å². The molecule has 1 heterocycles. The molecule has 25 heavy (non-hydrogen) atoms. The monoisotopic (exact) mass is 458 g/mol. The minimum atomic E-state index is 0. The number of likely N-dealkylation sites (tertiary alicyclic amines) is 1. The zero-order chi connectivity index (χ0) is 16.8. The van der Waals surface area contributed by atoms with E-state index in [-0.39, 0.29) is 24.0 Å². The maximum Gasteiger partial charge on any atom is 0.190 e. The number of nitrogens with one attached hydrogen (secondary N) is 2. The molecule has 1 saturated carbocycles. The van der Waals surface area contributed by atoms with Crippen molar-refractivity contribution in [3.8, 4) is 5.75 Å². The molecule has 1 atom stereocenters. The zero-order valence-electron chi connectivity index (χ0n) is 15.3. The highest BCUT2D eigenvalue weighted by Crippen LogP contribution is 2.31. The minimum absolute atomic E-state index is 0. The summed E-state index contributed by atoms with van der Waals surface area (Å²) in [6.07, 6.45) is 5.05. The predicted molar refractivity (Wildman–Crippen MR) is 114 cm³/mol. The van der Waals surface area contributed by atoms with Gasteiger partial charge in [-0.25, -0.2) is 0 Å². The molecule has 5 nitrogen and oxygen atoms in total. The van der Waals surface area contributed by atoms with Crippen LogP contribution in [0.2, 0.25) is 0 Å². The standard InChI is InChI=1S/C19H30N4O.HI/c1-20-19(21-11-9-16-5-3-4-6-18(16)24-2)22-13-15-10-12-23(14-15)17-7-8-17;/h3-6,15,17H,7-14H2,1-2H3,(H2,20,21,22);1H. The summed E-state index contributed by atoms with van der Waals surface area (Å²) < 4.78 is 5.40. The van der Waals surface area contributed by atoms with Crippen LogP contribution < -0.4 is 15.4 Å². The van der Waals surface area contributed by atoms with E-state index in [1.54, 1.807) is 7.11 Å². The van der Waals surface area contributed by atoms with Gasteiger partial charge in [0, 0.05) is 32.7 Å². The van der Waals surface area contributed by atoms with E-state index < -0.39 is 0 Å². The second-order valence-corrected chi connectivity index (χ2v) is 6.82. The van der Waals surface area contributed by atoms with Gasteiger partial charge in [-0.1, -0.05) is 18.2 Å². The summed E-state index contributed by atoms with van der Waals surface area (Å²) in [4.78, 5) is 7.00. The lowest BCUT2D eigenvalue weighted by atomic mass is 10.1. The van der Waals surface area contributed by atoms with Crippen LogP contribution in [0.4, 0.5) is 0 Å². The third-order valence-corrected chi connectivity index (χ3v) is 5.04. The number of aliphatic imine (C=N–C) groups is 1. The van der Waals surface area contributed by atoms with Gasteiger partial charge in [-0.2, -0.15) is 0 Å². The van der Waals surface area contributed by atoms with Crippen molar-refractivity contribution >= 4 is 29.9 Å². The summed E-state index contributed by atoms with van der Waals surface area (Å²) in [6, 6.07) is 9.07. The normalized spacial score (nSPS) is 20.9. The average Bonchev–Trinajstić information content (AvgIpc) is 3.37. The van der Waals surface area contributed by atoms with Crippen molar-refractivity contribution < 1.29 is 4.74 Å². The van der Waals surface area contributed by atoms with E-state index in [1.165, 1.54) is 37.9 Å². The van der Waals surface area contributed by atoms with Gasteiger partial charge in [0.1, 0.15) is 5.75 Å². The second kappa shape index (κ2) is 10.2. The molecule has 1 aliphatic carbocycles. The fraction of sp³-hybridized carbons (Fsp3) is 0.632. The Morgan fingerprint density at radius 1 is 1.24 bits per heavy atom. The SMILES string of the molecule is CN=C(NCCc1ccccc1OC)NCC1CCN(C2CC2)C1.I. The number of benzene rings is 1. The van der Waals surface area contributed by atoms with E-state index in [4.69, 9.17) is 4.74 Å². The van der Waals surface area contributed by atoms with Crippen LogP contribution >= 0.6 is 24.0 Å². The van der Waals surface area contributed by atoms with Crippen LogP contribution in [0, 0.1) is 5.92 Å². The molecule has 1 aromatic rings. The lowest BCUT2D eigenvalue weighted by Gasteiger charge is -2.17. The van der Waals surface area contributed by atoms with Crippen LogP contribution in [0.5, 0.6) is 5.75 Å². The lowest BCUT2D eigenvalue weighted by molar-refractivity contribution is 0.314. The number of rotatable bonds is 7. The largest absolute Gasteiger partial charge is 0.496 e. The molecule has 3 rings (SSSR count). The number of guanidine groups is 1. The number of halogens is 1. The number of methoxy groups -OCH3 is 1. The number of hydrogen-bond acceptors (Lipinski definition) is 3. The van der Waals surface area contributed by atoms with E-state index in [1.807, 2.05) is 19.2 Å². The second-order valence-electron chi connectivity index (χ2n) is 6.82. The highest BCUT2D eigenvalue weighted by molar-refractivity contribution is 14.0. The molecule has 2 fully saturated rings. The Bertz CT molecular complexity index is 562. The summed E-state index contributed by atoms with van der Waals surface area (Å²) >= 11 is 0. The van der Waals surface area contributed by atoms with Crippen molar-refractivity contribution in [2.45, 2.75) is 31.7 Å². The van der Waals surface area contributed by atoms with Gasteiger partial charge in [0.15, 0.2) is 5.96 Å². The fourth-order valence-corrected chi connectivity index (χ4v) is 3.49. The van der Waals surface area contributed by atoms with E-state index in [0.717, 1.165) is 43.2 Å². The number of hydrogen-bond donors (Lipinski definition) is 2. The Balaban J connectivity index is 0.00000225. The van der Waals surface area contributed by atoms with Gasteiger partial charge in [0.25, 0.3) is 0 Å². The summed E-state index contributed by atoms with van der Waals surface area (Å²) in [6.45, 7) is 4.38. The van der Waals surface area contributed by atoms with Gasteiger partial charge in [0.2, 0.25) is 0 Å². The number of ether oxygens (including phenoxy) is 1. The molecule has 1 aromatic carbocycles. The molecular formula is C19H31IN4O. The highest BCUT2D eigenvalue weighted by Gasteiger charge is 2.34. The van der Waals surface area contributed by atoms with Crippen LogP contribution in [-0.4, -0.2) is 57.2 Å². The molecule has 6 heteroatoms. The Labute approximate surface area is 168 Å². The average molecular weight is 458 g/mol. The molecule has 0 aromatic heterocycles. The van der Waals surface area contributed by atoms with E-state index >= 15 is 0 Å². The van der Waals surface area contributed by atoms with Crippen molar-refractivity contribution in [2.75, 3.05) is 40.3 Å². The summed E-state index contributed by atoms with van der Waals surface area (Å²) in [5, 5.41) is 6.90. The highest BCUT2D eigenvalue weighted by atomic mass is 127. The Morgan fingerprint density at radius 3 is 2.76 bits per heavy atom. The van der Waals surface area contributed by atoms with E-state index in [2.05, 4.69) is 32.7 Å². The zero-order valence-corrected chi connectivity index (χ0v) is 17.7. The van der Waals surface area contributed by atoms with Crippen molar-refractivity contribution in [2.24, 2.45) is 10.9 Å². The molecule has 1 saturated heterocycles. The smallest absolute Gasteiger partial charge is 0.190 e. The Kier molecular flexibility index (Phi) is 8.29. The van der Waals surface area contributed by atoms with Crippen LogP contribution in [0.1, 0.15) is 24.8 Å². The summed E-state index contributed by atoms with van der Waals surface area (Å²) in [5.74, 6) is 2.60. The van der Waals surface area contributed by atoms with Crippen molar-refractivity contribution in [1.82, 2.24) is 15.5 Å². The maximum absolute atomic E-state index is 5.40. The van der Waals surface area contributed by atoms with Crippen LogP contribution in [0.25, 0.3) is 0 Å². The van der Waals surface area contributed by atoms with Crippen LogP contribution in [-0.2, 0) is 6.42 Å². The molecule has 0 radical (unpaired) electrons. The molecule has 0 bridgehead atoms. The first-order valence-corrected chi connectivity index (χ1v) is 9.10. The van der Waals surface area contributed by atoms with Gasteiger partial charge >= 0.3 is 0 Å². The quantitative estimate of drug-likeness (QED) is 0.375. The van der Waals surface area contributed by atoms with E-state index in [0.29, 0.717) is 0 Å². The molecule has 1 unspecified atom stereocenters. The fourth-order valence-electron chi connectivity index (χ4n) is 3.49. The molecule has 0 amide bonds.